The van der Waals surface area contributed by atoms with Gasteiger partial charge in [-0.2, -0.15) is 0 Å². The quantitative estimate of drug-likeness (QED) is 0.880. The van der Waals surface area contributed by atoms with Crippen LogP contribution < -0.4 is 10.2 Å². The summed E-state index contributed by atoms with van der Waals surface area (Å²) in [4.78, 5) is 2.41. The zero-order chi connectivity index (χ0) is 14.5. The fourth-order valence-corrected chi connectivity index (χ4v) is 3.35. The van der Waals surface area contributed by atoms with Crippen molar-refractivity contribution in [2.45, 2.75) is 44.7 Å². The maximum absolute atomic E-state index is 9.72. The van der Waals surface area contributed by atoms with Crippen LogP contribution in [-0.2, 0) is 0 Å². The van der Waals surface area contributed by atoms with E-state index in [1.54, 1.807) is 0 Å². The number of benzene rings is 1. The lowest BCUT2D eigenvalue weighted by Gasteiger charge is -2.34. The van der Waals surface area contributed by atoms with Crippen molar-refractivity contribution < 1.29 is 5.11 Å². The van der Waals surface area contributed by atoms with E-state index in [9.17, 15) is 5.11 Å². The summed E-state index contributed by atoms with van der Waals surface area (Å²) in [7, 11) is 1.99. The fraction of sp³-hybridized carbons (Fsp3) is 0.625. The first-order chi connectivity index (χ1) is 9.67. The van der Waals surface area contributed by atoms with Gasteiger partial charge < -0.3 is 15.3 Å². The zero-order valence-corrected chi connectivity index (χ0v) is 14.0. The molecule has 2 unspecified atom stereocenters. The summed E-state index contributed by atoms with van der Waals surface area (Å²) in [6, 6.07) is 7.02. The van der Waals surface area contributed by atoms with Crippen LogP contribution >= 0.6 is 15.9 Å². The lowest BCUT2D eigenvalue weighted by molar-refractivity contribution is 0.255. The average molecular weight is 341 g/mol. The van der Waals surface area contributed by atoms with Crippen LogP contribution in [-0.4, -0.2) is 31.3 Å². The number of nitrogens with zero attached hydrogens (tertiary/aromatic N) is 1. The van der Waals surface area contributed by atoms with Gasteiger partial charge in [0.15, 0.2) is 0 Å². The zero-order valence-electron chi connectivity index (χ0n) is 12.4. The molecule has 1 saturated heterocycles. The Morgan fingerprint density at radius 2 is 2.20 bits per heavy atom. The molecule has 0 bridgehead atoms. The Morgan fingerprint density at radius 1 is 1.40 bits per heavy atom. The molecular weight excluding hydrogens is 316 g/mol. The minimum atomic E-state index is 0.240. The van der Waals surface area contributed by atoms with Gasteiger partial charge in [-0.05, 0) is 50.6 Å². The number of rotatable bonds is 4. The predicted molar refractivity (Wildman–Crippen MR) is 88.3 cm³/mol. The number of hydrogen-bond donors (Lipinski definition) is 2. The SMILES string of the molecule is CNC(C)c1cc(Br)ccc1N1CCCCCC1CO. The maximum Gasteiger partial charge on any atom is 0.0635 e. The van der Waals surface area contributed by atoms with E-state index in [-0.39, 0.29) is 12.6 Å². The smallest absolute Gasteiger partial charge is 0.0635 e. The van der Waals surface area contributed by atoms with Gasteiger partial charge in [0.25, 0.3) is 0 Å². The third kappa shape index (κ3) is 3.54. The second kappa shape index (κ2) is 7.43. The van der Waals surface area contributed by atoms with Crippen molar-refractivity contribution in [2.24, 2.45) is 0 Å². The highest BCUT2D eigenvalue weighted by Crippen LogP contribution is 2.33. The number of anilines is 1. The molecule has 0 saturated carbocycles. The van der Waals surface area contributed by atoms with Gasteiger partial charge in [0.1, 0.15) is 0 Å². The molecule has 1 fully saturated rings. The molecule has 0 amide bonds. The first-order valence-electron chi connectivity index (χ1n) is 7.51. The highest BCUT2D eigenvalue weighted by Gasteiger charge is 2.23. The first kappa shape index (κ1) is 15.8. The van der Waals surface area contributed by atoms with E-state index in [0.717, 1.165) is 17.4 Å². The summed E-state index contributed by atoms with van der Waals surface area (Å²) in [5, 5.41) is 13.0. The van der Waals surface area contributed by atoms with Crippen LogP contribution in [0.25, 0.3) is 0 Å². The van der Waals surface area contributed by atoms with Gasteiger partial charge in [-0.3, -0.25) is 0 Å². The van der Waals surface area contributed by atoms with Gasteiger partial charge in [0.2, 0.25) is 0 Å². The standard InChI is InChI=1S/C16H25BrN2O/c1-12(18-2)15-10-13(17)7-8-16(15)19-9-5-3-4-6-14(19)11-20/h7-8,10,12,14,18,20H,3-6,9,11H2,1-2H3. The molecule has 2 rings (SSSR count). The van der Waals surface area contributed by atoms with E-state index in [0.29, 0.717) is 6.04 Å². The fourth-order valence-electron chi connectivity index (χ4n) is 2.97. The Kier molecular flexibility index (Phi) is 5.87. The molecule has 0 aliphatic carbocycles. The van der Waals surface area contributed by atoms with E-state index in [4.69, 9.17) is 0 Å². The van der Waals surface area contributed by atoms with E-state index in [2.05, 4.69) is 51.3 Å². The number of aliphatic hydroxyl groups is 1. The van der Waals surface area contributed by atoms with Crippen molar-refractivity contribution in [3.05, 3.63) is 28.2 Å². The summed E-state index contributed by atoms with van der Waals surface area (Å²) in [6.07, 6.45) is 4.77. The van der Waals surface area contributed by atoms with Crippen LogP contribution in [0, 0.1) is 0 Å². The molecule has 1 aliphatic rings. The normalized spacial score (nSPS) is 21.6. The molecule has 112 valence electrons. The molecule has 3 nitrogen and oxygen atoms in total. The molecule has 2 N–H and O–H groups in total. The Balaban J connectivity index is 2.38. The van der Waals surface area contributed by atoms with Crippen molar-refractivity contribution in [1.82, 2.24) is 5.32 Å². The van der Waals surface area contributed by atoms with Crippen LogP contribution in [0.3, 0.4) is 0 Å². The van der Waals surface area contributed by atoms with Gasteiger partial charge in [-0.25, -0.2) is 0 Å². The van der Waals surface area contributed by atoms with Crippen molar-refractivity contribution in [3.8, 4) is 0 Å². The lowest BCUT2D eigenvalue weighted by Crippen LogP contribution is -2.38. The largest absolute Gasteiger partial charge is 0.394 e. The summed E-state index contributed by atoms with van der Waals surface area (Å²) in [5.74, 6) is 0. The van der Waals surface area contributed by atoms with E-state index in [1.807, 2.05) is 7.05 Å². The summed E-state index contributed by atoms with van der Waals surface area (Å²) in [5.41, 5.74) is 2.55. The molecule has 1 aromatic rings. The molecular formula is C16H25BrN2O. The van der Waals surface area contributed by atoms with E-state index < -0.39 is 0 Å². The Bertz CT molecular complexity index is 438. The summed E-state index contributed by atoms with van der Waals surface area (Å²) in [6.45, 7) is 3.46. The number of nitrogens with one attached hydrogen (secondary N) is 1. The molecule has 2 atom stereocenters. The third-order valence-corrected chi connectivity index (χ3v) is 4.78. The van der Waals surface area contributed by atoms with Gasteiger partial charge in [0.05, 0.1) is 12.6 Å². The van der Waals surface area contributed by atoms with Crippen LogP contribution in [0.2, 0.25) is 0 Å². The molecule has 0 radical (unpaired) electrons. The Hall–Kier alpha value is -0.580. The van der Waals surface area contributed by atoms with Gasteiger partial charge in [-0.1, -0.05) is 28.8 Å². The van der Waals surface area contributed by atoms with Crippen LogP contribution in [0.5, 0.6) is 0 Å². The minimum absolute atomic E-state index is 0.240. The van der Waals surface area contributed by atoms with Crippen LogP contribution in [0.1, 0.15) is 44.2 Å². The molecule has 1 heterocycles. The van der Waals surface area contributed by atoms with Gasteiger partial charge >= 0.3 is 0 Å². The van der Waals surface area contributed by atoms with Crippen LogP contribution in [0.15, 0.2) is 22.7 Å². The van der Waals surface area contributed by atoms with Gasteiger partial charge in [0, 0.05) is 22.7 Å². The molecule has 1 aromatic carbocycles. The molecule has 0 aromatic heterocycles. The van der Waals surface area contributed by atoms with E-state index >= 15 is 0 Å². The average Bonchev–Trinajstić information content (AvgIpc) is 2.71. The lowest BCUT2D eigenvalue weighted by atomic mass is 10.0. The topological polar surface area (TPSA) is 35.5 Å². The van der Waals surface area contributed by atoms with Crippen LogP contribution in [0.4, 0.5) is 5.69 Å². The summed E-state index contributed by atoms with van der Waals surface area (Å²) >= 11 is 3.57. The molecule has 1 aliphatic heterocycles. The van der Waals surface area contributed by atoms with Crippen molar-refractivity contribution in [3.63, 3.8) is 0 Å². The Morgan fingerprint density at radius 3 is 2.90 bits per heavy atom. The predicted octanol–water partition coefficient (Wildman–Crippen LogP) is 3.47. The number of hydrogen-bond acceptors (Lipinski definition) is 3. The maximum atomic E-state index is 9.72. The number of aliphatic hydroxyl groups excluding tert-OH is 1. The van der Waals surface area contributed by atoms with Crippen molar-refractivity contribution in [2.75, 3.05) is 25.1 Å². The Labute approximate surface area is 130 Å². The van der Waals surface area contributed by atoms with Crippen molar-refractivity contribution in [1.29, 1.82) is 0 Å². The number of halogens is 1. The van der Waals surface area contributed by atoms with Crippen molar-refractivity contribution >= 4 is 21.6 Å². The third-order valence-electron chi connectivity index (χ3n) is 4.29. The van der Waals surface area contributed by atoms with Gasteiger partial charge in [-0.15, -0.1) is 0 Å². The summed E-state index contributed by atoms with van der Waals surface area (Å²) < 4.78 is 1.11. The minimum Gasteiger partial charge on any atom is -0.394 e. The molecule has 20 heavy (non-hydrogen) atoms. The molecule has 0 spiro atoms. The first-order valence-corrected chi connectivity index (χ1v) is 8.31. The highest BCUT2D eigenvalue weighted by molar-refractivity contribution is 9.10. The second-order valence-electron chi connectivity index (χ2n) is 5.59. The second-order valence-corrected chi connectivity index (χ2v) is 6.51. The van der Waals surface area contributed by atoms with E-state index in [1.165, 1.54) is 30.5 Å². The molecule has 4 heteroatoms. The monoisotopic (exact) mass is 340 g/mol. The highest BCUT2D eigenvalue weighted by atomic mass is 79.9.